The van der Waals surface area contributed by atoms with Crippen molar-refractivity contribution in [3.63, 3.8) is 0 Å². The Kier molecular flexibility index (Phi) is 7.57. The molecule has 0 bridgehead atoms. The van der Waals surface area contributed by atoms with Gasteiger partial charge in [0.05, 0.1) is 14.2 Å². The largest absolute Gasteiger partial charge is 0.497 e. The summed E-state index contributed by atoms with van der Waals surface area (Å²) < 4.78 is 18.6. The van der Waals surface area contributed by atoms with Crippen LogP contribution in [-0.2, 0) is 18.4 Å². The van der Waals surface area contributed by atoms with Gasteiger partial charge in [-0.15, -0.1) is 0 Å². The van der Waals surface area contributed by atoms with E-state index in [1.54, 1.807) is 14.2 Å². The minimum Gasteiger partial charge on any atom is -0.497 e. The smallest absolute Gasteiger partial charge is 0.178 e. The van der Waals surface area contributed by atoms with E-state index in [-0.39, 0.29) is 0 Å². The summed E-state index contributed by atoms with van der Waals surface area (Å²) >= 11 is 1.86. The highest BCUT2D eigenvalue weighted by atomic mass is 32.2. The van der Waals surface area contributed by atoms with Crippen molar-refractivity contribution in [3.05, 3.63) is 154 Å². The van der Waals surface area contributed by atoms with Crippen LogP contribution in [0.25, 0.3) is 28.0 Å². The summed E-state index contributed by atoms with van der Waals surface area (Å²) in [4.78, 5) is 2.55. The van der Waals surface area contributed by atoms with E-state index in [1.807, 2.05) is 36.0 Å². The van der Waals surface area contributed by atoms with Crippen molar-refractivity contribution >= 4 is 28.6 Å². The molecular formula is C44H38O3S. The molecule has 0 aromatic heterocycles. The number of benzene rings is 6. The molecule has 0 unspecified atom stereocenters. The fourth-order valence-corrected chi connectivity index (χ4v) is 8.56. The minimum atomic E-state index is -0.857. The predicted molar refractivity (Wildman–Crippen MR) is 198 cm³/mol. The Morgan fingerprint density at radius 3 is 1.96 bits per heavy atom. The summed E-state index contributed by atoms with van der Waals surface area (Å²) in [6, 6.07) is 36.7. The molecule has 0 N–H and O–H groups in total. The number of fused-ring (bicyclic) bond motifs is 8. The van der Waals surface area contributed by atoms with Crippen LogP contribution in [0.5, 0.6) is 17.2 Å². The maximum atomic E-state index is 7.52. The lowest BCUT2D eigenvalue weighted by Gasteiger charge is -2.38. The van der Waals surface area contributed by atoms with Crippen LogP contribution in [0.15, 0.2) is 119 Å². The van der Waals surface area contributed by atoms with E-state index in [4.69, 9.17) is 14.2 Å². The van der Waals surface area contributed by atoms with Crippen LogP contribution in [0.1, 0.15) is 44.5 Å². The molecule has 238 valence electrons. The summed E-state index contributed by atoms with van der Waals surface area (Å²) in [6.45, 7) is 6.65. The van der Waals surface area contributed by atoms with Crippen LogP contribution in [0.2, 0.25) is 0 Å². The highest BCUT2D eigenvalue weighted by molar-refractivity contribution is 7.99. The summed E-state index contributed by atoms with van der Waals surface area (Å²) in [5, 5.41) is 2.38. The monoisotopic (exact) mass is 646 g/mol. The SMILES string of the molecule is COc1ccc(C2(c3ccc(OC)cc3)C=Cc3c4c(c5cc(C)c(Sc6c(C)cccc6C)cc5c3O2)-c2ccccc2CC4)cc1. The summed E-state index contributed by atoms with van der Waals surface area (Å²) in [5.74, 6) is 2.55. The van der Waals surface area contributed by atoms with E-state index in [2.05, 4.69) is 112 Å². The van der Waals surface area contributed by atoms with Crippen molar-refractivity contribution in [2.75, 3.05) is 14.2 Å². The molecule has 0 atom stereocenters. The second-order valence-corrected chi connectivity index (χ2v) is 13.9. The fourth-order valence-electron chi connectivity index (χ4n) is 7.49. The lowest BCUT2D eigenvalue weighted by atomic mass is 9.77. The Labute approximate surface area is 287 Å². The molecule has 3 nitrogen and oxygen atoms in total. The zero-order valence-electron chi connectivity index (χ0n) is 28.0. The van der Waals surface area contributed by atoms with E-state index < -0.39 is 5.60 Å². The summed E-state index contributed by atoms with van der Waals surface area (Å²) in [6.07, 6.45) is 6.54. The third-order valence-corrected chi connectivity index (χ3v) is 11.5. The molecule has 0 saturated carbocycles. The molecule has 0 amide bonds. The van der Waals surface area contributed by atoms with Crippen molar-refractivity contribution in [1.29, 1.82) is 0 Å². The molecule has 4 heteroatoms. The van der Waals surface area contributed by atoms with Crippen LogP contribution in [0, 0.1) is 20.8 Å². The van der Waals surface area contributed by atoms with Gasteiger partial charge < -0.3 is 14.2 Å². The first kappa shape index (κ1) is 30.4. The van der Waals surface area contributed by atoms with E-state index in [1.165, 1.54) is 59.7 Å². The molecule has 0 radical (unpaired) electrons. The summed E-state index contributed by atoms with van der Waals surface area (Å²) in [5.41, 5.74) is 11.7. The second-order valence-electron chi connectivity index (χ2n) is 12.9. The van der Waals surface area contributed by atoms with Gasteiger partial charge in [-0.25, -0.2) is 0 Å². The number of rotatable bonds is 6. The van der Waals surface area contributed by atoms with Gasteiger partial charge in [0.25, 0.3) is 0 Å². The maximum Gasteiger partial charge on any atom is 0.178 e. The standard InChI is InChI=1S/C44H38O3S/c1-27-9-8-10-28(2)43(27)48-40-26-39-38(25-29(40)3)41-35-12-7-6-11-30(35)13-22-36(41)37-23-24-44(47-42(37)39,31-14-18-33(45-4)19-15-31)32-16-20-34(46-5)21-17-32/h6-12,14-21,23-26H,13,22H2,1-5H3. The number of hydrogen-bond acceptors (Lipinski definition) is 4. The van der Waals surface area contributed by atoms with Gasteiger partial charge in [-0.2, -0.15) is 0 Å². The van der Waals surface area contributed by atoms with Gasteiger partial charge in [-0.3, -0.25) is 0 Å². The molecule has 1 heterocycles. The lowest BCUT2D eigenvalue weighted by molar-refractivity contribution is 0.163. The van der Waals surface area contributed by atoms with Crippen LogP contribution in [-0.4, -0.2) is 14.2 Å². The molecule has 1 aliphatic heterocycles. The molecule has 48 heavy (non-hydrogen) atoms. The quantitative estimate of drug-likeness (QED) is 0.180. The maximum absolute atomic E-state index is 7.52. The predicted octanol–water partition coefficient (Wildman–Crippen LogP) is 11.0. The topological polar surface area (TPSA) is 27.7 Å². The average molecular weight is 647 g/mol. The Hall–Kier alpha value is -4.93. The van der Waals surface area contributed by atoms with E-state index >= 15 is 0 Å². The molecule has 0 spiro atoms. The zero-order valence-corrected chi connectivity index (χ0v) is 28.8. The number of methoxy groups -OCH3 is 2. The van der Waals surface area contributed by atoms with Crippen LogP contribution in [0.4, 0.5) is 0 Å². The van der Waals surface area contributed by atoms with E-state index in [0.717, 1.165) is 46.6 Å². The van der Waals surface area contributed by atoms with Crippen molar-refractivity contribution in [2.24, 2.45) is 0 Å². The van der Waals surface area contributed by atoms with Gasteiger partial charge in [-0.05, 0) is 120 Å². The molecule has 6 aromatic rings. The van der Waals surface area contributed by atoms with Gasteiger partial charge >= 0.3 is 0 Å². The molecule has 8 rings (SSSR count). The molecule has 0 fully saturated rings. The van der Waals surface area contributed by atoms with Gasteiger partial charge in [0.2, 0.25) is 0 Å². The van der Waals surface area contributed by atoms with Gasteiger partial charge in [0, 0.05) is 31.9 Å². The van der Waals surface area contributed by atoms with Crippen molar-refractivity contribution in [2.45, 2.75) is 49.0 Å². The normalized spacial score (nSPS) is 14.1. The fraction of sp³-hybridized carbons (Fsp3) is 0.182. The van der Waals surface area contributed by atoms with Crippen molar-refractivity contribution < 1.29 is 14.2 Å². The first-order valence-corrected chi connectivity index (χ1v) is 17.3. The van der Waals surface area contributed by atoms with Crippen LogP contribution in [0.3, 0.4) is 0 Å². The Morgan fingerprint density at radius 2 is 1.31 bits per heavy atom. The Bertz CT molecular complexity index is 2160. The highest BCUT2D eigenvalue weighted by Gasteiger charge is 2.39. The zero-order chi connectivity index (χ0) is 33.0. The Balaban J connectivity index is 1.40. The minimum absolute atomic E-state index is 0.811. The molecule has 6 aromatic carbocycles. The Morgan fingerprint density at radius 1 is 0.667 bits per heavy atom. The molecular weight excluding hydrogens is 609 g/mol. The summed E-state index contributed by atoms with van der Waals surface area (Å²) in [7, 11) is 3.40. The van der Waals surface area contributed by atoms with Crippen LogP contribution < -0.4 is 14.2 Å². The van der Waals surface area contributed by atoms with Gasteiger partial charge in [-0.1, -0.05) is 84.6 Å². The number of hydrogen-bond donors (Lipinski definition) is 0. The van der Waals surface area contributed by atoms with Crippen molar-refractivity contribution in [1.82, 2.24) is 0 Å². The van der Waals surface area contributed by atoms with E-state index in [9.17, 15) is 0 Å². The van der Waals surface area contributed by atoms with Gasteiger partial charge in [0.1, 0.15) is 17.2 Å². The first-order chi connectivity index (χ1) is 23.4. The molecule has 0 saturated heterocycles. The molecule has 2 aliphatic rings. The second kappa shape index (κ2) is 11.9. The average Bonchev–Trinajstić information content (AvgIpc) is 3.13. The highest BCUT2D eigenvalue weighted by Crippen LogP contribution is 2.53. The van der Waals surface area contributed by atoms with E-state index in [0.29, 0.717) is 0 Å². The van der Waals surface area contributed by atoms with Crippen molar-refractivity contribution in [3.8, 4) is 28.4 Å². The third-order valence-electron chi connectivity index (χ3n) is 10.0. The lowest BCUT2D eigenvalue weighted by Crippen LogP contribution is -2.34. The van der Waals surface area contributed by atoms with Crippen LogP contribution >= 0.6 is 11.8 Å². The number of aryl methyl sites for hydroxylation is 4. The van der Waals surface area contributed by atoms with Gasteiger partial charge in [0.15, 0.2) is 5.60 Å². The number of ether oxygens (including phenoxy) is 3. The third kappa shape index (κ3) is 4.89. The molecule has 1 aliphatic carbocycles. The first-order valence-electron chi connectivity index (χ1n) is 16.5.